The maximum atomic E-state index is 11.8. The van der Waals surface area contributed by atoms with Crippen molar-refractivity contribution < 1.29 is 14.3 Å². The number of rotatable bonds is 6. The van der Waals surface area contributed by atoms with E-state index in [1.165, 1.54) is 6.92 Å². The van der Waals surface area contributed by atoms with Gasteiger partial charge >= 0.3 is 5.97 Å². The molecule has 0 amide bonds. The van der Waals surface area contributed by atoms with Crippen molar-refractivity contribution in [3.63, 3.8) is 0 Å². The molecule has 2 rings (SSSR count). The van der Waals surface area contributed by atoms with Gasteiger partial charge in [0.05, 0.1) is 18.8 Å². The van der Waals surface area contributed by atoms with Crippen molar-refractivity contribution in [3.05, 3.63) is 28.5 Å². The van der Waals surface area contributed by atoms with Gasteiger partial charge in [-0.25, -0.2) is 9.78 Å². The van der Waals surface area contributed by atoms with Crippen LogP contribution in [-0.2, 0) is 18.3 Å². The third-order valence-electron chi connectivity index (χ3n) is 2.76. The summed E-state index contributed by atoms with van der Waals surface area (Å²) in [6.45, 7) is 3.86. The Morgan fingerprint density at radius 2 is 2.24 bits per heavy atom. The largest absolute Gasteiger partial charge is 0.461 e. The molecule has 0 radical (unpaired) electrons. The number of carbonyl (C=O) groups is 2. The number of esters is 1. The topological polar surface area (TPSA) is 86.1 Å². The molecule has 0 aliphatic rings. The van der Waals surface area contributed by atoms with Crippen LogP contribution >= 0.6 is 11.3 Å². The standard InChI is InChI=1S/C13H16N4O3S/c1-4-20-12(19)10-11(8(2)18)21-13(16-10)14-7-9-5-6-15-17(9)3/h5-6H,4,7H2,1-3H3,(H,14,16). The molecule has 0 saturated carbocycles. The molecule has 0 spiro atoms. The number of carbonyl (C=O) groups excluding carboxylic acids is 2. The van der Waals surface area contributed by atoms with E-state index >= 15 is 0 Å². The van der Waals surface area contributed by atoms with E-state index in [9.17, 15) is 9.59 Å². The van der Waals surface area contributed by atoms with Crippen LogP contribution in [0.2, 0.25) is 0 Å². The van der Waals surface area contributed by atoms with E-state index in [4.69, 9.17) is 4.74 Å². The molecule has 2 aromatic rings. The maximum absolute atomic E-state index is 11.8. The van der Waals surface area contributed by atoms with Gasteiger partial charge in [0.1, 0.15) is 4.88 Å². The highest BCUT2D eigenvalue weighted by Crippen LogP contribution is 2.24. The van der Waals surface area contributed by atoms with Crippen LogP contribution < -0.4 is 5.32 Å². The lowest BCUT2D eigenvalue weighted by atomic mass is 10.3. The van der Waals surface area contributed by atoms with E-state index in [2.05, 4.69) is 15.4 Å². The molecule has 2 heterocycles. The normalized spacial score (nSPS) is 10.4. The monoisotopic (exact) mass is 308 g/mol. The molecule has 0 aliphatic carbocycles. The molecule has 0 saturated heterocycles. The molecule has 2 aromatic heterocycles. The molecule has 0 bridgehead atoms. The van der Waals surface area contributed by atoms with Crippen molar-refractivity contribution in [2.24, 2.45) is 7.05 Å². The maximum Gasteiger partial charge on any atom is 0.358 e. The third kappa shape index (κ3) is 3.46. The molecular weight excluding hydrogens is 292 g/mol. The second-order valence-corrected chi connectivity index (χ2v) is 5.27. The number of hydrogen-bond acceptors (Lipinski definition) is 7. The summed E-state index contributed by atoms with van der Waals surface area (Å²) in [6.07, 6.45) is 1.70. The Balaban J connectivity index is 2.17. The predicted molar refractivity (Wildman–Crippen MR) is 78.6 cm³/mol. The third-order valence-corrected chi connectivity index (χ3v) is 3.87. The van der Waals surface area contributed by atoms with E-state index < -0.39 is 5.97 Å². The zero-order chi connectivity index (χ0) is 15.4. The number of thiazole rings is 1. The Kier molecular flexibility index (Phi) is 4.69. The minimum Gasteiger partial charge on any atom is -0.461 e. The lowest BCUT2D eigenvalue weighted by molar-refractivity contribution is 0.0517. The summed E-state index contributed by atoms with van der Waals surface area (Å²) in [4.78, 5) is 27.9. The van der Waals surface area contributed by atoms with E-state index in [1.807, 2.05) is 13.1 Å². The number of aromatic nitrogens is 3. The van der Waals surface area contributed by atoms with E-state index in [0.29, 0.717) is 16.6 Å². The van der Waals surface area contributed by atoms with Gasteiger partial charge in [0, 0.05) is 20.2 Å². The first-order valence-electron chi connectivity index (χ1n) is 6.42. The van der Waals surface area contributed by atoms with Crippen LogP contribution in [0, 0.1) is 0 Å². The van der Waals surface area contributed by atoms with Gasteiger partial charge in [0.25, 0.3) is 0 Å². The van der Waals surface area contributed by atoms with Crippen LogP contribution in [-0.4, -0.2) is 33.1 Å². The Morgan fingerprint density at radius 3 is 2.81 bits per heavy atom. The number of ketones is 1. The fourth-order valence-electron chi connectivity index (χ4n) is 1.71. The van der Waals surface area contributed by atoms with Crippen LogP contribution in [0.4, 0.5) is 5.13 Å². The highest BCUT2D eigenvalue weighted by atomic mass is 32.1. The molecule has 0 fully saturated rings. The molecule has 1 N–H and O–H groups in total. The van der Waals surface area contributed by atoms with Gasteiger partial charge in [-0.05, 0) is 13.0 Å². The minimum absolute atomic E-state index is 0.0712. The Bertz CT molecular complexity index is 662. The first kappa shape index (κ1) is 15.2. The first-order chi connectivity index (χ1) is 10.0. The summed E-state index contributed by atoms with van der Waals surface area (Å²) in [7, 11) is 1.84. The number of nitrogens with zero attached hydrogens (tertiary/aromatic N) is 3. The molecule has 0 aliphatic heterocycles. The highest BCUT2D eigenvalue weighted by Gasteiger charge is 2.22. The van der Waals surface area contributed by atoms with Crippen molar-refractivity contribution in [1.82, 2.24) is 14.8 Å². The fourth-order valence-corrected chi connectivity index (χ4v) is 2.56. The van der Waals surface area contributed by atoms with Gasteiger partial charge in [-0.1, -0.05) is 11.3 Å². The molecule has 0 unspecified atom stereocenters. The van der Waals surface area contributed by atoms with Crippen molar-refractivity contribution in [3.8, 4) is 0 Å². The van der Waals surface area contributed by atoms with Crippen LogP contribution in [0.15, 0.2) is 12.3 Å². The zero-order valence-electron chi connectivity index (χ0n) is 12.0. The number of anilines is 1. The molecule has 112 valence electrons. The van der Waals surface area contributed by atoms with Crippen LogP contribution in [0.5, 0.6) is 0 Å². The molecule has 21 heavy (non-hydrogen) atoms. The molecular formula is C13H16N4O3S. The average molecular weight is 308 g/mol. The average Bonchev–Trinajstić information content (AvgIpc) is 3.03. The van der Waals surface area contributed by atoms with E-state index in [1.54, 1.807) is 17.8 Å². The van der Waals surface area contributed by atoms with Crippen LogP contribution in [0.25, 0.3) is 0 Å². The van der Waals surface area contributed by atoms with E-state index in [-0.39, 0.29) is 18.1 Å². The van der Waals surface area contributed by atoms with Crippen molar-refractivity contribution in [2.45, 2.75) is 20.4 Å². The van der Waals surface area contributed by atoms with Crippen LogP contribution in [0.1, 0.15) is 39.7 Å². The summed E-state index contributed by atoms with van der Waals surface area (Å²) in [5, 5.41) is 7.66. The smallest absolute Gasteiger partial charge is 0.358 e. The summed E-state index contributed by atoms with van der Waals surface area (Å²) in [6, 6.07) is 1.87. The van der Waals surface area contributed by atoms with Crippen molar-refractivity contribution in [1.29, 1.82) is 0 Å². The SMILES string of the molecule is CCOC(=O)c1nc(NCc2ccnn2C)sc1C(C)=O. The highest BCUT2D eigenvalue weighted by molar-refractivity contribution is 7.17. The summed E-state index contributed by atoms with van der Waals surface area (Å²) in [5.74, 6) is -0.781. The first-order valence-corrected chi connectivity index (χ1v) is 7.24. The van der Waals surface area contributed by atoms with Gasteiger partial charge in [0.15, 0.2) is 16.6 Å². The Hall–Kier alpha value is -2.22. The van der Waals surface area contributed by atoms with Gasteiger partial charge < -0.3 is 10.1 Å². The second-order valence-electron chi connectivity index (χ2n) is 4.27. The quantitative estimate of drug-likeness (QED) is 0.647. The number of ether oxygens (including phenoxy) is 1. The Labute approximate surface area is 125 Å². The minimum atomic E-state index is -0.576. The Morgan fingerprint density at radius 1 is 1.48 bits per heavy atom. The lowest BCUT2D eigenvalue weighted by Gasteiger charge is -2.02. The van der Waals surface area contributed by atoms with Gasteiger partial charge in [-0.2, -0.15) is 5.10 Å². The van der Waals surface area contributed by atoms with Crippen LogP contribution in [0.3, 0.4) is 0 Å². The number of hydrogen-bond donors (Lipinski definition) is 1. The molecule has 7 nitrogen and oxygen atoms in total. The summed E-state index contributed by atoms with van der Waals surface area (Å²) < 4.78 is 6.65. The van der Waals surface area contributed by atoms with Crippen molar-refractivity contribution in [2.75, 3.05) is 11.9 Å². The molecule has 0 aromatic carbocycles. The molecule has 8 heteroatoms. The second kappa shape index (κ2) is 6.49. The van der Waals surface area contributed by atoms with Gasteiger partial charge in [-0.3, -0.25) is 9.48 Å². The number of Topliss-reactive ketones (excluding diaryl/α,β-unsaturated/α-hetero) is 1. The lowest BCUT2D eigenvalue weighted by Crippen LogP contribution is -2.10. The van der Waals surface area contributed by atoms with E-state index in [0.717, 1.165) is 17.0 Å². The predicted octanol–water partition coefficient (Wildman–Crippen LogP) is 1.87. The summed E-state index contributed by atoms with van der Waals surface area (Å²) in [5.41, 5.74) is 1.04. The van der Waals surface area contributed by atoms with Gasteiger partial charge in [-0.15, -0.1) is 0 Å². The number of aryl methyl sites for hydroxylation is 1. The number of nitrogens with one attached hydrogen (secondary N) is 1. The summed E-state index contributed by atoms with van der Waals surface area (Å²) >= 11 is 1.15. The zero-order valence-corrected chi connectivity index (χ0v) is 12.9. The molecule has 0 atom stereocenters. The van der Waals surface area contributed by atoms with Crippen molar-refractivity contribution >= 4 is 28.2 Å². The van der Waals surface area contributed by atoms with Gasteiger partial charge in [0.2, 0.25) is 0 Å². The fraction of sp³-hybridized carbons (Fsp3) is 0.385.